The van der Waals surface area contributed by atoms with Gasteiger partial charge in [-0.25, -0.2) is 4.79 Å². The van der Waals surface area contributed by atoms with Gasteiger partial charge in [-0.05, 0) is 53.5 Å². The molecule has 1 aromatic carbocycles. The first-order valence-electron chi connectivity index (χ1n) is 13.0. The summed E-state index contributed by atoms with van der Waals surface area (Å²) in [6.07, 6.45) is -3.16. The molecule has 1 saturated heterocycles. The number of carbonyl (C=O) groups excluding carboxylic acids is 5. The largest absolute Gasteiger partial charge is 0.444 e. The molecule has 1 heterocycles. The molecule has 13 heteroatoms. The molecule has 2 rings (SSSR count). The van der Waals surface area contributed by atoms with E-state index >= 15 is 0 Å². The molecule has 1 fully saturated rings. The van der Waals surface area contributed by atoms with Crippen molar-refractivity contribution in [2.45, 2.75) is 89.8 Å². The van der Waals surface area contributed by atoms with Crippen LogP contribution < -0.4 is 21.7 Å². The summed E-state index contributed by atoms with van der Waals surface area (Å²) in [5, 5.41) is 19.0. The molecule has 4 atom stereocenters. The number of thioether (sulfide) groups is 1. The second-order valence-electron chi connectivity index (χ2n) is 11.7. The number of hydrogen-bond donors (Lipinski definition) is 5. The summed E-state index contributed by atoms with van der Waals surface area (Å²) >= 11 is 1.38. The van der Waals surface area contributed by atoms with Crippen LogP contribution in [-0.2, 0) is 30.3 Å². The third kappa shape index (κ3) is 10.7. The zero-order valence-electron chi connectivity index (χ0n) is 23.9. The van der Waals surface area contributed by atoms with Crippen molar-refractivity contribution in [1.82, 2.24) is 20.9 Å². The second-order valence-corrected chi connectivity index (χ2v) is 12.7. The predicted molar refractivity (Wildman–Crippen MR) is 151 cm³/mol. The standard InChI is InChI=1S/C27H41N5O7S/c1-26(2,3)31-23(36)19-14-40-15-32(19)24(37)21(34)17(12-16-10-8-7-9-11-16)29-22(35)18(13-20(28)33)30-25(38)39-27(4,5)6/h7-11,17-19,21,34H,12-15H2,1-6H3,(H2,28,33)(H,29,35)(H,30,38)(H,31,36)/t17-,18-,19+,21-/m0/s1. The minimum Gasteiger partial charge on any atom is -0.444 e. The summed E-state index contributed by atoms with van der Waals surface area (Å²) in [4.78, 5) is 64.9. The molecule has 1 aromatic rings. The fourth-order valence-corrected chi connectivity index (χ4v) is 5.09. The number of alkyl carbamates (subject to hydrolysis) is 1. The van der Waals surface area contributed by atoms with E-state index in [1.807, 2.05) is 20.8 Å². The third-order valence-electron chi connectivity index (χ3n) is 5.64. The predicted octanol–water partition coefficient (Wildman–Crippen LogP) is 0.660. The highest BCUT2D eigenvalue weighted by molar-refractivity contribution is 7.99. The highest BCUT2D eigenvalue weighted by Gasteiger charge is 2.41. The SMILES string of the molecule is CC(C)(C)NC(=O)[C@H]1CSCN1C(=O)[C@@H](O)[C@H](Cc1ccccc1)NC(=O)[C@H](CC(N)=O)NC(=O)OC(C)(C)C. The summed E-state index contributed by atoms with van der Waals surface area (Å²) < 4.78 is 5.19. The Morgan fingerprint density at radius 2 is 1.70 bits per heavy atom. The number of carbonyl (C=O) groups is 5. The van der Waals surface area contributed by atoms with Gasteiger partial charge in [0.25, 0.3) is 5.91 Å². The van der Waals surface area contributed by atoms with Crippen molar-refractivity contribution in [3.63, 3.8) is 0 Å². The van der Waals surface area contributed by atoms with E-state index in [4.69, 9.17) is 10.5 Å². The molecule has 222 valence electrons. The highest BCUT2D eigenvalue weighted by Crippen LogP contribution is 2.24. The van der Waals surface area contributed by atoms with E-state index in [0.29, 0.717) is 11.3 Å². The van der Waals surface area contributed by atoms with Crippen molar-refractivity contribution in [3.05, 3.63) is 35.9 Å². The van der Waals surface area contributed by atoms with Crippen LogP contribution in [0.25, 0.3) is 0 Å². The zero-order valence-corrected chi connectivity index (χ0v) is 24.7. The molecular weight excluding hydrogens is 538 g/mol. The minimum atomic E-state index is -1.73. The van der Waals surface area contributed by atoms with Crippen LogP contribution in [0.2, 0.25) is 0 Å². The van der Waals surface area contributed by atoms with E-state index in [0.717, 1.165) is 0 Å². The smallest absolute Gasteiger partial charge is 0.408 e. The Kier molecular flexibility index (Phi) is 11.4. The number of nitrogens with zero attached hydrogens (tertiary/aromatic N) is 1. The number of aliphatic hydroxyl groups excluding tert-OH is 1. The molecule has 6 N–H and O–H groups in total. The van der Waals surface area contributed by atoms with E-state index in [2.05, 4.69) is 16.0 Å². The topological polar surface area (TPSA) is 180 Å². The van der Waals surface area contributed by atoms with Crippen LogP contribution in [0.1, 0.15) is 53.5 Å². The summed E-state index contributed by atoms with van der Waals surface area (Å²) in [6, 6.07) is 5.50. The second kappa shape index (κ2) is 13.8. The quantitative estimate of drug-likeness (QED) is 0.268. The van der Waals surface area contributed by atoms with Crippen LogP contribution in [0, 0.1) is 0 Å². The van der Waals surface area contributed by atoms with Crippen LogP contribution in [-0.4, -0.2) is 86.7 Å². The van der Waals surface area contributed by atoms with Gasteiger partial charge in [-0.1, -0.05) is 30.3 Å². The van der Waals surface area contributed by atoms with Gasteiger partial charge in [-0.2, -0.15) is 0 Å². The molecule has 0 saturated carbocycles. The fourth-order valence-electron chi connectivity index (χ4n) is 3.93. The van der Waals surface area contributed by atoms with Gasteiger partial charge in [0.05, 0.1) is 18.3 Å². The van der Waals surface area contributed by atoms with Crippen LogP contribution in [0.3, 0.4) is 0 Å². The molecule has 1 aliphatic rings. The van der Waals surface area contributed by atoms with Gasteiger partial charge in [0.15, 0.2) is 6.10 Å². The van der Waals surface area contributed by atoms with Gasteiger partial charge in [0, 0.05) is 11.3 Å². The minimum absolute atomic E-state index is 0.0506. The number of rotatable bonds is 10. The maximum absolute atomic E-state index is 13.5. The average Bonchev–Trinajstić information content (AvgIpc) is 3.30. The summed E-state index contributed by atoms with van der Waals surface area (Å²) in [6.45, 7) is 10.4. The molecule has 0 aromatic heterocycles. The average molecular weight is 580 g/mol. The van der Waals surface area contributed by atoms with E-state index < -0.39 is 65.6 Å². The molecular formula is C27H41N5O7S. The molecule has 0 radical (unpaired) electrons. The lowest BCUT2D eigenvalue weighted by atomic mass is 9.99. The fraction of sp³-hybridized carbons (Fsp3) is 0.593. The summed E-state index contributed by atoms with van der Waals surface area (Å²) in [5.74, 6) is -2.22. The van der Waals surface area contributed by atoms with Crippen LogP contribution >= 0.6 is 11.8 Å². The number of amides is 5. The summed E-state index contributed by atoms with van der Waals surface area (Å²) in [7, 11) is 0. The number of nitrogens with two attached hydrogens (primary N) is 1. The number of nitrogens with one attached hydrogen (secondary N) is 3. The van der Waals surface area contributed by atoms with Gasteiger partial charge in [-0.3, -0.25) is 19.2 Å². The zero-order chi connectivity index (χ0) is 30.3. The van der Waals surface area contributed by atoms with Gasteiger partial charge in [0.1, 0.15) is 17.7 Å². The number of aliphatic hydroxyl groups is 1. The Labute approximate surface area is 239 Å². The van der Waals surface area contributed by atoms with E-state index in [1.165, 1.54) is 16.7 Å². The Hall–Kier alpha value is -3.32. The summed E-state index contributed by atoms with van der Waals surface area (Å²) in [5.41, 5.74) is 4.64. The van der Waals surface area contributed by atoms with Gasteiger partial charge in [-0.15, -0.1) is 11.8 Å². The molecule has 0 spiro atoms. The Morgan fingerprint density at radius 1 is 1.07 bits per heavy atom. The van der Waals surface area contributed by atoms with Crippen molar-refractivity contribution in [2.24, 2.45) is 5.73 Å². The Balaban J connectivity index is 2.28. The first-order valence-corrected chi connectivity index (χ1v) is 14.1. The maximum Gasteiger partial charge on any atom is 0.408 e. The molecule has 0 aliphatic carbocycles. The van der Waals surface area contributed by atoms with Crippen molar-refractivity contribution in [1.29, 1.82) is 0 Å². The highest BCUT2D eigenvalue weighted by atomic mass is 32.2. The first-order chi connectivity index (χ1) is 18.5. The molecule has 5 amide bonds. The van der Waals surface area contributed by atoms with Crippen molar-refractivity contribution in [3.8, 4) is 0 Å². The van der Waals surface area contributed by atoms with Crippen LogP contribution in [0.4, 0.5) is 4.79 Å². The molecule has 0 bridgehead atoms. The third-order valence-corrected chi connectivity index (χ3v) is 6.65. The van der Waals surface area contributed by atoms with Crippen LogP contribution in [0.5, 0.6) is 0 Å². The molecule has 12 nitrogen and oxygen atoms in total. The van der Waals surface area contributed by atoms with Gasteiger partial charge < -0.3 is 36.4 Å². The maximum atomic E-state index is 13.5. The van der Waals surface area contributed by atoms with Crippen molar-refractivity contribution < 1.29 is 33.8 Å². The number of benzene rings is 1. The van der Waals surface area contributed by atoms with Crippen molar-refractivity contribution in [2.75, 3.05) is 11.6 Å². The monoisotopic (exact) mass is 579 g/mol. The first kappa shape index (κ1) is 32.9. The van der Waals surface area contributed by atoms with E-state index in [-0.39, 0.29) is 18.2 Å². The normalized spacial score (nSPS) is 17.8. The van der Waals surface area contributed by atoms with Gasteiger partial charge in [0.2, 0.25) is 17.7 Å². The van der Waals surface area contributed by atoms with Crippen molar-refractivity contribution >= 4 is 41.5 Å². The lowest BCUT2D eigenvalue weighted by Crippen LogP contribution is -2.59. The number of ether oxygens (including phenoxy) is 1. The number of hydrogen-bond acceptors (Lipinski definition) is 8. The Bertz CT molecular complexity index is 1070. The lowest BCUT2D eigenvalue weighted by molar-refractivity contribution is -0.147. The number of primary amides is 1. The van der Waals surface area contributed by atoms with Crippen LogP contribution in [0.15, 0.2) is 30.3 Å². The van der Waals surface area contributed by atoms with E-state index in [9.17, 15) is 29.1 Å². The van der Waals surface area contributed by atoms with Gasteiger partial charge >= 0.3 is 6.09 Å². The molecule has 0 unspecified atom stereocenters. The van der Waals surface area contributed by atoms with E-state index in [1.54, 1.807) is 51.1 Å². The lowest BCUT2D eigenvalue weighted by Gasteiger charge is -2.32. The molecule has 1 aliphatic heterocycles. The molecule has 40 heavy (non-hydrogen) atoms. The Morgan fingerprint density at radius 3 is 2.25 bits per heavy atom.